The maximum atomic E-state index is 12.4. The zero-order valence-corrected chi connectivity index (χ0v) is 13.7. The number of hydrogen-bond donors (Lipinski definition) is 0. The van der Waals surface area contributed by atoms with Gasteiger partial charge < -0.3 is 0 Å². The number of carbonyl (C=O) groups is 2. The van der Waals surface area contributed by atoms with Crippen LogP contribution in [0.2, 0.25) is 10.0 Å². The molecule has 3 nitrogen and oxygen atoms in total. The van der Waals surface area contributed by atoms with Gasteiger partial charge in [-0.3, -0.25) is 9.59 Å². The van der Waals surface area contributed by atoms with Crippen LogP contribution in [0.5, 0.6) is 0 Å². The third-order valence-electron chi connectivity index (χ3n) is 3.32. The molecule has 6 heteroatoms. The summed E-state index contributed by atoms with van der Waals surface area (Å²) in [5.74, 6) is -0.777. The lowest BCUT2D eigenvalue weighted by molar-refractivity contribution is 0.0926. The van der Waals surface area contributed by atoms with Crippen LogP contribution in [0.3, 0.4) is 0 Å². The number of imide groups is 1. The topological polar surface area (TPSA) is 37.4 Å². The van der Waals surface area contributed by atoms with E-state index in [0.717, 1.165) is 10.5 Å². The van der Waals surface area contributed by atoms with Gasteiger partial charge in [-0.05, 0) is 23.8 Å². The molecule has 3 rings (SSSR count). The molecule has 0 saturated heterocycles. The van der Waals surface area contributed by atoms with Gasteiger partial charge in [0.05, 0.1) is 26.9 Å². The molecule has 0 aliphatic carbocycles. The molecule has 0 atom stereocenters. The van der Waals surface area contributed by atoms with Gasteiger partial charge in [0.15, 0.2) is 0 Å². The molecule has 21 heavy (non-hydrogen) atoms. The molecule has 0 radical (unpaired) electrons. The maximum Gasteiger partial charge on any atom is 0.266 e. The number of nitrogens with zero attached hydrogens (tertiary/aromatic N) is 1. The molecule has 2 aromatic rings. The summed E-state index contributed by atoms with van der Waals surface area (Å²) in [6.45, 7) is 0. The Morgan fingerprint density at radius 3 is 2.00 bits per heavy atom. The molecule has 0 fully saturated rings. The van der Waals surface area contributed by atoms with Crippen molar-refractivity contribution in [2.75, 3.05) is 4.90 Å². The van der Waals surface area contributed by atoms with E-state index in [-0.39, 0.29) is 16.8 Å². The smallest absolute Gasteiger partial charge is 0.266 e. The van der Waals surface area contributed by atoms with E-state index in [1.807, 2.05) is 0 Å². The molecule has 1 heterocycles. The van der Waals surface area contributed by atoms with Crippen molar-refractivity contribution in [1.29, 1.82) is 0 Å². The van der Waals surface area contributed by atoms with E-state index in [4.69, 9.17) is 23.2 Å². The Balaban J connectivity index is 2.14. The molecule has 2 aromatic carbocycles. The van der Waals surface area contributed by atoms with Crippen LogP contribution in [0.4, 0.5) is 5.69 Å². The summed E-state index contributed by atoms with van der Waals surface area (Å²) < 4.78 is 0. The second-order valence-corrected chi connectivity index (χ2v) is 5.81. The third kappa shape index (κ3) is 2.18. The Kier molecular flexibility index (Phi) is 3.78. The van der Waals surface area contributed by atoms with Gasteiger partial charge in [-0.25, -0.2) is 4.90 Å². The monoisotopic (exact) mass is 383 g/mol. The van der Waals surface area contributed by atoms with Crippen molar-refractivity contribution in [1.82, 2.24) is 0 Å². The molecular weight excluding hydrogens is 377 g/mol. The Bertz CT molecular complexity index is 741. The molecule has 106 valence electrons. The lowest BCUT2D eigenvalue weighted by atomic mass is 10.1. The molecule has 0 spiro atoms. The highest BCUT2D eigenvalue weighted by molar-refractivity contribution is 9.08. The molecule has 0 unspecified atom stereocenters. The standard InChI is InChI=1S/C15H8BrCl2NO2/c16-7-8-5-6-11(13(18)12(8)17)19-14(20)9-3-1-2-4-10(9)15(19)21/h1-6H,7H2. The molecular formula is C15H8BrCl2NO2. The maximum absolute atomic E-state index is 12.4. The highest BCUT2D eigenvalue weighted by Crippen LogP contribution is 2.39. The second kappa shape index (κ2) is 5.44. The fraction of sp³-hybridized carbons (Fsp3) is 0.0667. The zero-order chi connectivity index (χ0) is 15.1. The zero-order valence-electron chi connectivity index (χ0n) is 10.6. The Labute approximate surface area is 139 Å². The van der Waals surface area contributed by atoms with E-state index in [2.05, 4.69) is 15.9 Å². The Morgan fingerprint density at radius 1 is 0.905 bits per heavy atom. The van der Waals surface area contributed by atoms with Crippen molar-refractivity contribution in [2.24, 2.45) is 0 Å². The van der Waals surface area contributed by atoms with Crippen molar-refractivity contribution < 1.29 is 9.59 Å². The second-order valence-electron chi connectivity index (χ2n) is 4.50. The van der Waals surface area contributed by atoms with Crippen molar-refractivity contribution in [2.45, 2.75) is 5.33 Å². The summed E-state index contributed by atoms with van der Waals surface area (Å²) in [5, 5.41) is 1.07. The molecule has 0 saturated carbocycles. The van der Waals surface area contributed by atoms with Crippen molar-refractivity contribution >= 4 is 56.6 Å². The molecule has 0 N–H and O–H groups in total. The van der Waals surface area contributed by atoms with Gasteiger partial charge in [-0.2, -0.15) is 0 Å². The Hall–Kier alpha value is -1.36. The number of benzene rings is 2. The van der Waals surface area contributed by atoms with Crippen LogP contribution in [0.1, 0.15) is 26.3 Å². The first-order valence-corrected chi connectivity index (χ1v) is 7.94. The summed E-state index contributed by atoms with van der Waals surface area (Å²) >= 11 is 15.7. The molecule has 1 aliphatic heterocycles. The fourth-order valence-corrected chi connectivity index (χ4v) is 3.39. The minimum atomic E-state index is -0.389. The van der Waals surface area contributed by atoms with Crippen molar-refractivity contribution in [3.63, 3.8) is 0 Å². The lowest BCUT2D eigenvalue weighted by Gasteiger charge is -2.17. The summed E-state index contributed by atoms with van der Waals surface area (Å²) in [4.78, 5) is 25.9. The van der Waals surface area contributed by atoms with Crippen LogP contribution in [0, 0.1) is 0 Å². The quantitative estimate of drug-likeness (QED) is 0.556. The highest BCUT2D eigenvalue weighted by Gasteiger charge is 2.37. The van der Waals surface area contributed by atoms with Crippen molar-refractivity contribution in [3.05, 3.63) is 63.1 Å². The largest absolute Gasteiger partial charge is 0.268 e. The van der Waals surface area contributed by atoms with Crippen LogP contribution in [-0.4, -0.2) is 11.8 Å². The number of hydrogen-bond acceptors (Lipinski definition) is 2. The first-order chi connectivity index (χ1) is 10.1. The number of fused-ring (bicyclic) bond motifs is 1. The third-order valence-corrected chi connectivity index (χ3v) is 4.84. The first kappa shape index (κ1) is 14.6. The summed E-state index contributed by atoms with van der Waals surface area (Å²) in [6.07, 6.45) is 0. The van der Waals surface area contributed by atoms with Crippen LogP contribution in [-0.2, 0) is 5.33 Å². The molecule has 0 bridgehead atoms. The summed E-state index contributed by atoms with van der Waals surface area (Å²) in [7, 11) is 0. The van der Waals surface area contributed by atoms with Crippen LogP contribution in [0.15, 0.2) is 36.4 Å². The highest BCUT2D eigenvalue weighted by atomic mass is 79.9. The van der Waals surface area contributed by atoms with E-state index < -0.39 is 0 Å². The van der Waals surface area contributed by atoms with Crippen LogP contribution >= 0.6 is 39.1 Å². The molecule has 0 aromatic heterocycles. The van der Waals surface area contributed by atoms with E-state index in [1.165, 1.54) is 0 Å². The van der Waals surface area contributed by atoms with E-state index >= 15 is 0 Å². The van der Waals surface area contributed by atoms with E-state index in [9.17, 15) is 9.59 Å². The number of carbonyl (C=O) groups excluding carboxylic acids is 2. The normalized spacial score (nSPS) is 13.8. The minimum absolute atomic E-state index is 0.197. The number of rotatable bonds is 2. The number of alkyl halides is 1. The van der Waals surface area contributed by atoms with Gasteiger partial charge in [0.2, 0.25) is 0 Å². The van der Waals surface area contributed by atoms with E-state index in [0.29, 0.717) is 27.2 Å². The van der Waals surface area contributed by atoms with Gasteiger partial charge in [-0.1, -0.05) is 57.3 Å². The van der Waals surface area contributed by atoms with E-state index in [1.54, 1.807) is 36.4 Å². The summed E-state index contributed by atoms with van der Waals surface area (Å²) in [6, 6.07) is 10.1. The van der Waals surface area contributed by atoms with Gasteiger partial charge in [0.25, 0.3) is 11.8 Å². The number of halogens is 3. The average molecular weight is 385 g/mol. The number of amides is 2. The SMILES string of the molecule is O=C1c2ccccc2C(=O)N1c1ccc(CBr)c(Cl)c1Cl. The number of anilines is 1. The van der Waals surface area contributed by atoms with Crippen LogP contribution < -0.4 is 4.90 Å². The lowest BCUT2D eigenvalue weighted by Crippen LogP contribution is -2.29. The van der Waals surface area contributed by atoms with Gasteiger partial charge >= 0.3 is 0 Å². The fourth-order valence-electron chi connectivity index (χ4n) is 2.26. The van der Waals surface area contributed by atoms with Gasteiger partial charge in [0, 0.05) is 5.33 Å². The predicted molar refractivity (Wildman–Crippen MR) is 86.7 cm³/mol. The molecule has 1 aliphatic rings. The van der Waals surface area contributed by atoms with Gasteiger partial charge in [-0.15, -0.1) is 0 Å². The Morgan fingerprint density at radius 2 is 1.48 bits per heavy atom. The van der Waals surface area contributed by atoms with Gasteiger partial charge in [0.1, 0.15) is 0 Å². The van der Waals surface area contributed by atoms with Crippen LogP contribution in [0.25, 0.3) is 0 Å². The summed E-state index contributed by atoms with van der Waals surface area (Å²) in [5.41, 5.74) is 1.85. The molecule has 2 amide bonds. The average Bonchev–Trinajstić information content (AvgIpc) is 2.75. The minimum Gasteiger partial charge on any atom is -0.268 e. The predicted octanol–water partition coefficient (Wildman–Crippen LogP) is 4.69. The first-order valence-electron chi connectivity index (χ1n) is 6.07. The van der Waals surface area contributed by atoms with Crippen molar-refractivity contribution in [3.8, 4) is 0 Å².